The second-order valence-corrected chi connectivity index (χ2v) is 7.64. The molecular formula is C22H31N3O3. The second kappa shape index (κ2) is 9.87. The van der Waals surface area contributed by atoms with Gasteiger partial charge in [-0.15, -0.1) is 0 Å². The van der Waals surface area contributed by atoms with Crippen molar-refractivity contribution in [3.63, 3.8) is 0 Å². The van der Waals surface area contributed by atoms with Gasteiger partial charge in [-0.25, -0.2) is 0 Å². The molecule has 0 unspecified atom stereocenters. The third kappa shape index (κ3) is 5.67. The minimum absolute atomic E-state index is 0.0987. The van der Waals surface area contributed by atoms with Gasteiger partial charge in [-0.1, -0.05) is 6.07 Å². The van der Waals surface area contributed by atoms with Gasteiger partial charge >= 0.3 is 0 Å². The molecule has 0 radical (unpaired) electrons. The van der Waals surface area contributed by atoms with E-state index in [1.54, 1.807) is 19.5 Å². The molecule has 3 rings (SSSR count). The summed E-state index contributed by atoms with van der Waals surface area (Å²) in [5.41, 5.74) is 2.35. The minimum atomic E-state index is 0.0987. The van der Waals surface area contributed by atoms with Crippen molar-refractivity contribution in [1.29, 1.82) is 0 Å². The highest BCUT2D eigenvalue weighted by molar-refractivity contribution is 5.43. The molecule has 2 aromatic rings. The first-order valence-corrected chi connectivity index (χ1v) is 9.80. The summed E-state index contributed by atoms with van der Waals surface area (Å²) in [6.07, 6.45) is 3.53. The minimum Gasteiger partial charge on any atom is -0.493 e. The number of benzene rings is 1. The Morgan fingerprint density at radius 2 is 1.82 bits per heavy atom. The van der Waals surface area contributed by atoms with Crippen molar-refractivity contribution < 1.29 is 14.2 Å². The number of ether oxygens (including phenoxy) is 3. The number of rotatable bonds is 9. The van der Waals surface area contributed by atoms with E-state index in [9.17, 15) is 0 Å². The van der Waals surface area contributed by atoms with E-state index in [1.807, 2.05) is 24.3 Å². The molecule has 0 atom stereocenters. The van der Waals surface area contributed by atoms with Gasteiger partial charge in [-0.3, -0.25) is 9.88 Å². The van der Waals surface area contributed by atoms with Crippen molar-refractivity contribution in [2.75, 3.05) is 40.0 Å². The lowest BCUT2D eigenvalue weighted by atomic mass is 10.0. The van der Waals surface area contributed by atoms with Gasteiger partial charge in [0.2, 0.25) is 0 Å². The van der Waals surface area contributed by atoms with E-state index < -0.39 is 0 Å². The van der Waals surface area contributed by atoms with E-state index in [0.29, 0.717) is 6.61 Å². The molecule has 28 heavy (non-hydrogen) atoms. The Kier molecular flexibility index (Phi) is 7.25. The molecule has 1 aliphatic rings. The number of hydrogen-bond acceptors (Lipinski definition) is 6. The zero-order valence-corrected chi connectivity index (χ0v) is 17.1. The highest BCUT2D eigenvalue weighted by Crippen LogP contribution is 2.29. The van der Waals surface area contributed by atoms with Gasteiger partial charge in [0.15, 0.2) is 11.5 Å². The molecule has 2 heterocycles. The van der Waals surface area contributed by atoms with Crippen LogP contribution in [0, 0.1) is 0 Å². The lowest BCUT2D eigenvalue weighted by Crippen LogP contribution is -2.54. The quantitative estimate of drug-likeness (QED) is 0.716. The maximum absolute atomic E-state index is 5.92. The Labute approximate surface area is 167 Å². The van der Waals surface area contributed by atoms with Crippen LogP contribution in [0.5, 0.6) is 11.5 Å². The summed E-state index contributed by atoms with van der Waals surface area (Å²) in [5, 5.41) is 3.58. The third-order valence-corrected chi connectivity index (χ3v) is 5.13. The van der Waals surface area contributed by atoms with Crippen LogP contribution < -0.4 is 14.8 Å². The first-order chi connectivity index (χ1) is 13.6. The summed E-state index contributed by atoms with van der Waals surface area (Å²) in [5.74, 6) is 1.50. The monoisotopic (exact) mass is 385 g/mol. The van der Waals surface area contributed by atoms with Crippen LogP contribution in [0.2, 0.25) is 0 Å². The average Bonchev–Trinajstić information content (AvgIpc) is 2.74. The van der Waals surface area contributed by atoms with E-state index in [1.165, 1.54) is 5.56 Å². The van der Waals surface area contributed by atoms with Crippen LogP contribution in [-0.2, 0) is 17.9 Å². The normalized spacial score (nSPS) is 15.4. The lowest BCUT2D eigenvalue weighted by Gasteiger charge is -2.41. The maximum Gasteiger partial charge on any atom is 0.161 e. The Balaban J connectivity index is 1.53. The fourth-order valence-corrected chi connectivity index (χ4v) is 3.37. The first-order valence-electron chi connectivity index (χ1n) is 9.80. The van der Waals surface area contributed by atoms with Gasteiger partial charge in [-0.2, -0.15) is 0 Å². The molecule has 1 aliphatic heterocycles. The molecule has 1 aromatic heterocycles. The van der Waals surface area contributed by atoms with E-state index in [4.69, 9.17) is 14.2 Å². The molecule has 1 fully saturated rings. The number of hydrogen-bond donors (Lipinski definition) is 1. The van der Waals surface area contributed by atoms with E-state index >= 15 is 0 Å². The summed E-state index contributed by atoms with van der Waals surface area (Å²) >= 11 is 0. The predicted molar refractivity (Wildman–Crippen MR) is 110 cm³/mol. The predicted octanol–water partition coefficient (Wildman–Crippen LogP) is 2.87. The number of methoxy groups -OCH3 is 1. The molecule has 0 amide bonds. The number of morpholine rings is 1. The first kappa shape index (κ1) is 20.6. The number of nitrogens with zero attached hydrogens (tertiary/aromatic N) is 2. The van der Waals surface area contributed by atoms with Crippen LogP contribution in [0.15, 0.2) is 42.7 Å². The van der Waals surface area contributed by atoms with E-state index in [0.717, 1.165) is 56.5 Å². The maximum atomic E-state index is 5.92. The molecular weight excluding hydrogens is 354 g/mol. The Bertz CT molecular complexity index is 731. The highest BCUT2D eigenvalue weighted by Gasteiger charge is 2.27. The topological polar surface area (TPSA) is 55.9 Å². The zero-order valence-electron chi connectivity index (χ0n) is 17.1. The number of aromatic nitrogens is 1. The fraction of sp³-hybridized carbons (Fsp3) is 0.500. The molecule has 1 saturated heterocycles. The average molecular weight is 386 g/mol. The molecule has 0 spiro atoms. The lowest BCUT2D eigenvalue weighted by molar-refractivity contribution is -0.00967. The summed E-state index contributed by atoms with van der Waals surface area (Å²) < 4.78 is 16.9. The molecule has 0 bridgehead atoms. The molecule has 152 valence electrons. The van der Waals surface area contributed by atoms with Gasteiger partial charge < -0.3 is 19.5 Å². The Morgan fingerprint density at radius 3 is 2.54 bits per heavy atom. The summed E-state index contributed by atoms with van der Waals surface area (Å²) in [4.78, 5) is 6.51. The van der Waals surface area contributed by atoms with E-state index in [2.05, 4.69) is 35.1 Å². The van der Waals surface area contributed by atoms with Gasteiger partial charge in [-0.05, 0) is 49.2 Å². The Morgan fingerprint density at radius 1 is 1.07 bits per heavy atom. The van der Waals surface area contributed by atoms with Gasteiger partial charge in [0.1, 0.15) is 6.61 Å². The molecule has 0 saturated carbocycles. The van der Waals surface area contributed by atoms with Crippen LogP contribution in [0.1, 0.15) is 25.0 Å². The summed E-state index contributed by atoms with van der Waals surface area (Å²) in [6.45, 7) is 10.4. The van der Waals surface area contributed by atoms with Crippen molar-refractivity contribution in [2.45, 2.75) is 32.5 Å². The smallest absolute Gasteiger partial charge is 0.161 e. The van der Waals surface area contributed by atoms with Crippen molar-refractivity contribution >= 4 is 0 Å². The molecule has 1 N–H and O–H groups in total. The largest absolute Gasteiger partial charge is 0.493 e. The molecule has 6 heteroatoms. The highest BCUT2D eigenvalue weighted by atomic mass is 16.5. The number of pyridine rings is 1. The van der Waals surface area contributed by atoms with Crippen LogP contribution in [0.3, 0.4) is 0 Å². The molecule has 1 aromatic carbocycles. The van der Waals surface area contributed by atoms with Crippen LogP contribution in [-0.4, -0.2) is 55.4 Å². The second-order valence-electron chi connectivity index (χ2n) is 7.64. The standard InChI is InChI=1S/C22H31N3O3/c1-22(2,25-10-12-27-13-11-25)17-24-15-19-4-5-20(21(14-19)26-3)28-16-18-6-8-23-9-7-18/h4-9,14,24H,10-13,15-17H2,1-3H3. The molecule has 0 aliphatic carbocycles. The number of nitrogens with one attached hydrogen (secondary N) is 1. The summed E-state index contributed by atoms with van der Waals surface area (Å²) in [6, 6.07) is 9.99. The van der Waals surface area contributed by atoms with Crippen molar-refractivity contribution in [3.05, 3.63) is 53.9 Å². The van der Waals surface area contributed by atoms with Crippen LogP contribution >= 0.6 is 0 Å². The van der Waals surface area contributed by atoms with Crippen molar-refractivity contribution in [3.8, 4) is 11.5 Å². The van der Waals surface area contributed by atoms with Crippen LogP contribution in [0.25, 0.3) is 0 Å². The van der Waals surface area contributed by atoms with Crippen molar-refractivity contribution in [2.24, 2.45) is 0 Å². The Hall–Kier alpha value is -2.15. The zero-order chi connectivity index (χ0) is 19.8. The third-order valence-electron chi connectivity index (χ3n) is 5.13. The summed E-state index contributed by atoms with van der Waals surface area (Å²) in [7, 11) is 1.67. The SMILES string of the molecule is COc1cc(CNCC(C)(C)N2CCOCC2)ccc1OCc1ccncc1. The van der Waals surface area contributed by atoms with E-state index in [-0.39, 0.29) is 5.54 Å². The van der Waals surface area contributed by atoms with Crippen LogP contribution in [0.4, 0.5) is 0 Å². The van der Waals surface area contributed by atoms with Gasteiger partial charge in [0, 0.05) is 44.1 Å². The van der Waals surface area contributed by atoms with Crippen molar-refractivity contribution in [1.82, 2.24) is 15.2 Å². The molecule has 6 nitrogen and oxygen atoms in total. The van der Waals surface area contributed by atoms with Gasteiger partial charge in [0.05, 0.1) is 20.3 Å². The van der Waals surface area contributed by atoms with Gasteiger partial charge in [0.25, 0.3) is 0 Å². The fourth-order valence-electron chi connectivity index (χ4n) is 3.37.